The van der Waals surface area contributed by atoms with Gasteiger partial charge in [-0.05, 0) is 56.5 Å². The summed E-state index contributed by atoms with van der Waals surface area (Å²) in [4.78, 5) is 14.7. The number of methoxy groups -OCH3 is 1. The number of hydrogen-bond donors (Lipinski definition) is 1. The van der Waals surface area contributed by atoms with E-state index in [-0.39, 0.29) is 11.7 Å². The second-order valence-electron chi connectivity index (χ2n) is 6.92. The van der Waals surface area contributed by atoms with Crippen molar-refractivity contribution in [2.45, 2.75) is 31.8 Å². The van der Waals surface area contributed by atoms with Crippen LogP contribution in [0.15, 0.2) is 29.4 Å². The third kappa shape index (κ3) is 3.67. The van der Waals surface area contributed by atoms with Crippen LogP contribution in [-0.2, 0) is 11.2 Å². The van der Waals surface area contributed by atoms with Gasteiger partial charge in [-0.1, -0.05) is 11.8 Å². The van der Waals surface area contributed by atoms with Gasteiger partial charge in [0.05, 0.1) is 18.6 Å². The van der Waals surface area contributed by atoms with Crippen LogP contribution in [-0.4, -0.2) is 50.0 Å². The van der Waals surface area contributed by atoms with Crippen molar-refractivity contribution < 1.29 is 9.53 Å². The van der Waals surface area contributed by atoms with Crippen LogP contribution in [0.5, 0.6) is 5.75 Å². The maximum absolute atomic E-state index is 12.9. The number of thioether (sulfide) groups is 1. The van der Waals surface area contributed by atoms with E-state index in [1.807, 2.05) is 43.0 Å². The minimum absolute atomic E-state index is 0.0109. The zero-order valence-corrected chi connectivity index (χ0v) is 17.4. The van der Waals surface area contributed by atoms with Gasteiger partial charge in [0.1, 0.15) is 5.75 Å². The molecule has 2 aromatic heterocycles. The first-order valence-electron chi connectivity index (χ1n) is 9.32. The van der Waals surface area contributed by atoms with Crippen LogP contribution in [0.2, 0.25) is 0 Å². The van der Waals surface area contributed by atoms with Gasteiger partial charge in [0.15, 0.2) is 0 Å². The van der Waals surface area contributed by atoms with E-state index in [9.17, 15) is 4.79 Å². The first-order valence-corrected chi connectivity index (χ1v) is 10.3. The predicted molar refractivity (Wildman–Crippen MR) is 111 cm³/mol. The van der Waals surface area contributed by atoms with Crippen LogP contribution in [0, 0.1) is 13.8 Å². The number of carbonyl (C=O) groups is 1. The third-order valence-electron chi connectivity index (χ3n) is 4.88. The molecule has 0 bridgehead atoms. The summed E-state index contributed by atoms with van der Waals surface area (Å²) in [6.45, 7) is 4.53. The number of nitrogen functional groups attached to an aromatic ring is 1. The van der Waals surface area contributed by atoms with E-state index < -0.39 is 0 Å². The molecule has 152 valence electrons. The molecule has 0 fully saturated rings. The van der Waals surface area contributed by atoms with Crippen molar-refractivity contribution in [1.82, 2.24) is 24.7 Å². The van der Waals surface area contributed by atoms with Gasteiger partial charge >= 0.3 is 0 Å². The Balaban J connectivity index is 1.48. The number of aryl methyl sites for hydroxylation is 3. The summed E-state index contributed by atoms with van der Waals surface area (Å²) in [6.07, 6.45) is 1.86. The predicted octanol–water partition coefficient (Wildman–Crippen LogP) is 1.87. The molecule has 0 saturated heterocycles. The fourth-order valence-electron chi connectivity index (χ4n) is 3.51. The maximum Gasteiger partial charge on any atom is 0.271 e. The number of nitrogens with zero attached hydrogens (tertiary/aromatic N) is 6. The van der Waals surface area contributed by atoms with E-state index in [0.29, 0.717) is 17.6 Å². The number of fused-ring (bicyclic) bond motifs is 1. The van der Waals surface area contributed by atoms with Crippen LogP contribution in [0.25, 0.3) is 5.95 Å². The Morgan fingerprint density at radius 1 is 1.28 bits per heavy atom. The number of carbonyl (C=O) groups excluding carboxylic acids is 1. The van der Waals surface area contributed by atoms with Gasteiger partial charge in [0.2, 0.25) is 11.1 Å². The van der Waals surface area contributed by atoms with Crippen molar-refractivity contribution in [3.63, 3.8) is 0 Å². The van der Waals surface area contributed by atoms with E-state index in [1.165, 1.54) is 16.4 Å². The van der Waals surface area contributed by atoms with Gasteiger partial charge < -0.3 is 15.5 Å². The normalized spacial score (nSPS) is 13.4. The standard InChI is InChI=1S/C19H23N7O2S/c1-12-9-13(2)26(23-12)18-21-22-19(25(18)20)29-11-17(27)24-8-4-5-14-10-15(28-3)6-7-16(14)24/h6-7,9-10H,4-5,8,11,20H2,1-3H3. The largest absolute Gasteiger partial charge is 0.497 e. The molecule has 9 nitrogen and oxygen atoms in total. The van der Waals surface area contributed by atoms with Crippen molar-refractivity contribution in [1.29, 1.82) is 0 Å². The maximum atomic E-state index is 12.9. The topological polar surface area (TPSA) is 104 Å². The lowest BCUT2D eigenvalue weighted by molar-refractivity contribution is -0.116. The van der Waals surface area contributed by atoms with Gasteiger partial charge in [0.25, 0.3) is 5.95 Å². The molecular formula is C19H23N7O2S. The average Bonchev–Trinajstić information content (AvgIpc) is 3.25. The van der Waals surface area contributed by atoms with Crippen LogP contribution in [0.3, 0.4) is 0 Å². The highest BCUT2D eigenvalue weighted by atomic mass is 32.2. The highest BCUT2D eigenvalue weighted by Gasteiger charge is 2.24. The number of hydrogen-bond acceptors (Lipinski definition) is 7. The molecule has 29 heavy (non-hydrogen) atoms. The number of nitrogens with two attached hydrogens (primary N) is 1. The first kappa shape index (κ1) is 19.3. The van der Waals surface area contributed by atoms with Gasteiger partial charge in [-0.3, -0.25) is 4.79 Å². The Bertz CT molecular complexity index is 1060. The molecule has 1 aliphatic heterocycles. The minimum Gasteiger partial charge on any atom is -0.497 e. The minimum atomic E-state index is 0.0109. The first-order chi connectivity index (χ1) is 14.0. The zero-order chi connectivity index (χ0) is 20.5. The summed E-state index contributed by atoms with van der Waals surface area (Å²) in [6, 6.07) is 7.77. The summed E-state index contributed by atoms with van der Waals surface area (Å²) < 4.78 is 8.31. The number of anilines is 1. The summed E-state index contributed by atoms with van der Waals surface area (Å²) in [5.41, 5.74) is 3.85. The lowest BCUT2D eigenvalue weighted by Crippen LogP contribution is -2.36. The fourth-order valence-corrected chi connectivity index (χ4v) is 4.24. The molecule has 3 heterocycles. The molecule has 0 saturated carbocycles. The van der Waals surface area contributed by atoms with E-state index in [4.69, 9.17) is 10.6 Å². The van der Waals surface area contributed by atoms with Gasteiger partial charge in [-0.25, -0.2) is 9.36 Å². The Morgan fingerprint density at radius 2 is 2.10 bits per heavy atom. The molecule has 1 amide bonds. The molecule has 0 atom stereocenters. The lowest BCUT2D eigenvalue weighted by atomic mass is 10.0. The molecular weight excluding hydrogens is 390 g/mol. The fraction of sp³-hybridized carbons (Fsp3) is 0.368. The molecule has 2 N–H and O–H groups in total. The molecule has 0 aliphatic carbocycles. The zero-order valence-electron chi connectivity index (χ0n) is 16.6. The number of aromatic nitrogens is 5. The lowest BCUT2D eigenvalue weighted by Gasteiger charge is -2.29. The van der Waals surface area contributed by atoms with E-state index in [1.54, 1.807) is 11.8 Å². The van der Waals surface area contributed by atoms with Crippen LogP contribution >= 0.6 is 11.8 Å². The SMILES string of the molecule is COc1ccc2c(c1)CCCN2C(=O)CSc1nnc(-n2nc(C)cc2C)n1N. The molecule has 0 radical (unpaired) electrons. The van der Waals surface area contributed by atoms with E-state index in [0.717, 1.165) is 41.2 Å². The van der Waals surface area contributed by atoms with Crippen molar-refractivity contribution in [2.75, 3.05) is 30.1 Å². The van der Waals surface area contributed by atoms with Crippen molar-refractivity contribution in [2.24, 2.45) is 0 Å². The number of benzene rings is 1. The van der Waals surface area contributed by atoms with Gasteiger partial charge in [-0.2, -0.15) is 5.10 Å². The average molecular weight is 414 g/mol. The van der Waals surface area contributed by atoms with E-state index in [2.05, 4.69) is 15.3 Å². The summed E-state index contributed by atoms with van der Waals surface area (Å²) >= 11 is 1.27. The molecule has 10 heteroatoms. The molecule has 4 rings (SSSR count). The number of amides is 1. The van der Waals surface area contributed by atoms with Crippen LogP contribution in [0.1, 0.15) is 23.4 Å². The van der Waals surface area contributed by atoms with Gasteiger partial charge in [-0.15, -0.1) is 10.2 Å². The highest BCUT2D eigenvalue weighted by molar-refractivity contribution is 7.99. The van der Waals surface area contributed by atoms with Gasteiger partial charge in [0, 0.05) is 17.9 Å². The molecule has 3 aromatic rings. The number of rotatable bonds is 5. The number of ether oxygens (including phenoxy) is 1. The summed E-state index contributed by atoms with van der Waals surface area (Å²) in [5, 5.41) is 13.1. The highest BCUT2D eigenvalue weighted by Crippen LogP contribution is 2.31. The van der Waals surface area contributed by atoms with Crippen LogP contribution < -0.4 is 15.5 Å². The monoisotopic (exact) mass is 413 g/mol. The van der Waals surface area contributed by atoms with Crippen molar-refractivity contribution in [3.8, 4) is 11.7 Å². The summed E-state index contributed by atoms with van der Waals surface area (Å²) in [7, 11) is 1.65. The quantitative estimate of drug-likeness (QED) is 0.503. The summed E-state index contributed by atoms with van der Waals surface area (Å²) in [5.74, 6) is 7.61. The Morgan fingerprint density at radius 3 is 2.83 bits per heavy atom. The smallest absolute Gasteiger partial charge is 0.271 e. The van der Waals surface area contributed by atoms with E-state index >= 15 is 0 Å². The molecule has 1 aromatic carbocycles. The Hall–Kier alpha value is -3.01. The van der Waals surface area contributed by atoms with Crippen molar-refractivity contribution in [3.05, 3.63) is 41.2 Å². The molecule has 0 unspecified atom stereocenters. The molecule has 0 spiro atoms. The third-order valence-corrected chi connectivity index (χ3v) is 5.80. The van der Waals surface area contributed by atoms with Crippen LogP contribution in [0.4, 0.5) is 5.69 Å². The Kier molecular flexibility index (Phi) is 5.18. The molecule has 1 aliphatic rings. The second-order valence-corrected chi connectivity index (χ2v) is 7.87. The van der Waals surface area contributed by atoms with Crippen molar-refractivity contribution >= 4 is 23.4 Å². The Labute approximate surface area is 172 Å². The second kappa shape index (κ2) is 7.78.